The lowest BCUT2D eigenvalue weighted by atomic mass is 10.0. The van der Waals surface area contributed by atoms with Gasteiger partial charge in [-0.2, -0.15) is 0 Å². The molecule has 5 nitrogen and oxygen atoms in total. The van der Waals surface area contributed by atoms with E-state index >= 15 is 0 Å². The predicted molar refractivity (Wildman–Crippen MR) is 79.7 cm³/mol. The van der Waals surface area contributed by atoms with Gasteiger partial charge in [-0.1, -0.05) is 18.6 Å². The maximum Gasteiger partial charge on any atom is 0.248 e. The lowest BCUT2D eigenvalue weighted by Crippen LogP contribution is -2.46. The van der Waals surface area contributed by atoms with Crippen LogP contribution in [0, 0.1) is 0 Å². The fourth-order valence-corrected chi connectivity index (χ4v) is 2.17. The first-order chi connectivity index (χ1) is 9.16. The molecule has 1 saturated heterocycles. The van der Waals surface area contributed by atoms with E-state index < -0.39 is 5.91 Å². The van der Waals surface area contributed by atoms with Crippen molar-refractivity contribution < 1.29 is 9.59 Å². The number of hydrogen-bond acceptors (Lipinski definition) is 3. The minimum absolute atomic E-state index is 0. The monoisotopic (exact) mass is 297 g/mol. The fraction of sp³-hybridized carbons (Fsp3) is 0.429. The zero-order chi connectivity index (χ0) is 13.7. The maximum atomic E-state index is 11.9. The van der Waals surface area contributed by atoms with Crippen LogP contribution in [0.25, 0.3) is 0 Å². The minimum Gasteiger partial charge on any atom is -0.366 e. The van der Waals surface area contributed by atoms with Crippen molar-refractivity contribution in [3.05, 3.63) is 35.4 Å². The molecular formula is C14H20ClN3O2. The number of hydrogen-bond donors (Lipinski definition) is 3. The average Bonchev–Trinajstić information content (AvgIpc) is 2.46. The maximum absolute atomic E-state index is 11.9. The average molecular weight is 298 g/mol. The van der Waals surface area contributed by atoms with Crippen LogP contribution in [-0.2, 0) is 11.3 Å². The molecular weight excluding hydrogens is 278 g/mol. The van der Waals surface area contributed by atoms with Crippen molar-refractivity contribution in [3.8, 4) is 0 Å². The summed E-state index contributed by atoms with van der Waals surface area (Å²) in [4.78, 5) is 22.8. The molecule has 1 heterocycles. The van der Waals surface area contributed by atoms with E-state index in [1.54, 1.807) is 24.3 Å². The van der Waals surface area contributed by atoms with Gasteiger partial charge in [-0.05, 0) is 37.1 Å². The Morgan fingerprint density at radius 3 is 2.50 bits per heavy atom. The van der Waals surface area contributed by atoms with Crippen molar-refractivity contribution in [2.24, 2.45) is 5.73 Å². The zero-order valence-electron chi connectivity index (χ0n) is 11.2. The zero-order valence-corrected chi connectivity index (χ0v) is 12.0. The largest absolute Gasteiger partial charge is 0.366 e. The number of rotatable bonds is 4. The summed E-state index contributed by atoms with van der Waals surface area (Å²) in [5.41, 5.74) is 6.60. The van der Waals surface area contributed by atoms with Gasteiger partial charge in [0, 0.05) is 12.1 Å². The van der Waals surface area contributed by atoms with Crippen molar-refractivity contribution in [1.82, 2.24) is 10.6 Å². The second kappa shape index (κ2) is 7.87. The number of nitrogens with one attached hydrogen (secondary N) is 2. The van der Waals surface area contributed by atoms with E-state index in [-0.39, 0.29) is 24.4 Å². The molecule has 0 bridgehead atoms. The summed E-state index contributed by atoms with van der Waals surface area (Å²) >= 11 is 0. The number of carbonyl (C=O) groups is 2. The smallest absolute Gasteiger partial charge is 0.248 e. The third kappa shape index (κ3) is 4.51. The van der Waals surface area contributed by atoms with Gasteiger partial charge in [0.25, 0.3) is 0 Å². The molecule has 1 unspecified atom stereocenters. The SMILES string of the molecule is Cl.NC(=O)c1ccc(CNC(=O)C2CCCCN2)cc1. The Balaban J connectivity index is 0.00000200. The van der Waals surface area contributed by atoms with E-state index in [1.165, 1.54) is 0 Å². The van der Waals surface area contributed by atoms with Gasteiger partial charge in [0.1, 0.15) is 0 Å². The van der Waals surface area contributed by atoms with Crippen LogP contribution in [0.5, 0.6) is 0 Å². The molecule has 0 spiro atoms. The molecule has 4 N–H and O–H groups in total. The van der Waals surface area contributed by atoms with E-state index in [0.29, 0.717) is 12.1 Å². The number of halogens is 1. The molecule has 1 aliphatic rings. The second-order valence-electron chi connectivity index (χ2n) is 4.78. The molecule has 1 aromatic carbocycles. The molecule has 2 amide bonds. The molecule has 2 rings (SSSR count). The molecule has 0 aromatic heterocycles. The molecule has 1 atom stereocenters. The molecule has 0 saturated carbocycles. The Hall–Kier alpha value is -1.59. The van der Waals surface area contributed by atoms with Crippen molar-refractivity contribution in [1.29, 1.82) is 0 Å². The molecule has 6 heteroatoms. The van der Waals surface area contributed by atoms with E-state index in [1.807, 2.05) is 0 Å². The molecule has 1 fully saturated rings. The van der Waals surface area contributed by atoms with Gasteiger partial charge in [-0.25, -0.2) is 0 Å². The van der Waals surface area contributed by atoms with E-state index in [9.17, 15) is 9.59 Å². The first-order valence-corrected chi connectivity index (χ1v) is 6.56. The van der Waals surface area contributed by atoms with Gasteiger partial charge in [-0.3, -0.25) is 9.59 Å². The van der Waals surface area contributed by atoms with Crippen molar-refractivity contribution in [2.45, 2.75) is 31.8 Å². The van der Waals surface area contributed by atoms with E-state index in [4.69, 9.17) is 5.73 Å². The Kier molecular flexibility index (Phi) is 6.48. The first-order valence-electron chi connectivity index (χ1n) is 6.56. The summed E-state index contributed by atoms with van der Waals surface area (Å²) in [5, 5.41) is 6.11. The van der Waals surface area contributed by atoms with E-state index in [2.05, 4.69) is 10.6 Å². The minimum atomic E-state index is -0.443. The van der Waals surface area contributed by atoms with Crippen LogP contribution in [-0.4, -0.2) is 24.4 Å². The highest BCUT2D eigenvalue weighted by Crippen LogP contribution is 2.08. The number of amides is 2. The lowest BCUT2D eigenvalue weighted by molar-refractivity contribution is -0.123. The molecule has 1 aromatic rings. The number of nitrogens with two attached hydrogens (primary N) is 1. The summed E-state index contributed by atoms with van der Waals surface area (Å²) in [6.07, 6.45) is 3.13. The third-order valence-corrected chi connectivity index (χ3v) is 3.33. The standard InChI is InChI=1S/C14H19N3O2.ClH/c15-13(18)11-6-4-10(5-7-11)9-17-14(19)12-3-1-2-8-16-12;/h4-7,12,16H,1-3,8-9H2,(H2,15,18)(H,17,19);1H. The van der Waals surface area contributed by atoms with Crippen LogP contribution in [0.3, 0.4) is 0 Å². The highest BCUT2D eigenvalue weighted by molar-refractivity contribution is 5.92. The number of benzene rings is 1. The normalized spacial score (nSPS) is 17.9. The number of primary amides is 1. The summed E-state index contributed by atoms with van der Waals surface area (Å²) < 4.78 is 0. The Morgan fingerprint density at radius 2 is 1.95 bits per heavy atom. The summed E-state index contributed by atoms with van der Waals surface area (Å²) in [7, 11) is 0. The van der Waals surface area contributed by atoms with Gasteiger partial charge < -0.3 is 16.4 Å². The molecule has 0 aliphatic carbocycles. The lowest BCUT2D eigenvalue weighted by Gasteiger charge is -2.22. The van der Waals surface area contributed by atoms with Gasteiger partial charge in [0.05, 0.1) is 6.04 Å². The predicted octanol–water partition coefficient (Wildman–Crippen LogP) is 0.966. The Bertz CT molecular complexity index is 456. The topological polar surface area (TPSA) is 84.2 Å². The van der Waals surface area contributed by atoms with Crippen LogP contribution in [0.4, 0.5) is 0 Å². The Labute approximate surface area is 124 Å². The second-order valence-corrected chi connectivity index (χ2v) is 4.78. The summed E-state index contributed by atoms with van der Waals surface area (Å²) in [5.74, 6) is -0.402. The van der Waals surface area contributed by atoms with Gasteiger partial charge in [0.2, 0.25) is 11.8 Å². The van der Waals surface area contributed by atoms with Gasteiger partial charge in [0.15, 0.2) is 0 Å². The molecule has 20 heavy (non-hydrogen) atoms. The molecule has 0 radical (unpaired) electrons. The van der Waals surface area contributed by atoms with Crippen LogP contribution >= 0.6 is 12.4 Å². The van der Waals surface area contributed by atoms with Gasteiger partial charge in [-0.15, -0.1) is 12.4 Å². The van der Waals surface area contributed by atoms with E-state index in [0.717, 1.165) is 31.4 Å². The molecule has 110 valence electrons. The van der Waals surface area contributed by atoms with Crippen LogP contribution in [0.1, 0.15) is 35.2 Å². The van der Waals surface area contributed by atoms with Crippen LogP contribution < -0.4 is 16.4 Å². The first kappa shape index (κ1) is 16.5. The number of carbonyl (C=O) groups excluding carboxylic acids is 2. The third-order valence-electron chi connectivity index (χ3n) is 3.33. The van der Waals surface area contributed by atoms with Crippen molar-refractivity contribution in [2.75, 3.05) is 6.54 Å². The number of piperidine rings is 1. The quantitative estimate of drug-likeness (QED) is 0.774. The van der Waals surface area contributed by atoms with Gasteiger partial charge >= 0.3 is 0 Å². The Morgan fingerprint density at radius 1 is 1.25 bits per heavy atom. The summed E-state index contributed by atoms with van der Waals surface area (Å²) in [6.45, 7) is 1.38. The van der Waals surface area contributed by atoms with Crippen molar-refractivity contribution in [3.63, 3.8) is 0 Å². The van der Waals surface area contributed by atoms with Crippen molar-refractivity contribution >= 4 is 24.2 Å². The van der Waals surface area contributed by atoms with Crippen LogP contribution in [0.15, 0.2) is 24.3 Å². The molecule has 1 aliphatic heterocycles. The summed E-state index contributed by atoms with van der Waals surface area (Å²) in [6, 6.07) is 6.87. The fourth-order valence-electron chi connectivity index (χ4n) is 2.17. The van der Waals surface area contributed by atoms with Crippen LogP contribution in [0.2, 0.25) is 0 Å². The highest BCUT2D eigenvalue weighted by atomic mass is 35.5. The highest BCUT2D eigenvalue weighted by Gasteiger charge is 2.19.